The molecule has 0 aliphatic carbocycles. The Hall–Kier alpha value is -1.28. The van der Waals surface area contributed by atoms with E-state index >= 15 is 0 Å². The highest BCUT2D eigenvalue weighted by molar-refractivity contribution is 5.48. The number of hydrogen-bond donors (Lipinski definition) is 0. The Balaban J connectivity index is 2.73. The van der Waals surface area contributed by atoms with Gasteiger partial charge in [-0.1, -0.05) is 31.7 Å². The number of hydrogen-bond acceptors (Lipinski definition) is 2. The SMILES string of the molecule is C=Cc1ccc(OC(C)(CC)OCC)cc1. The fourth-order valence-electron chi connectivity index (χ4n) is 1.43. The molecule has 1 unspecified atom stereocenters. The monoisotopic (exact) mass is 220 g/mol. The van der Waals surface area contributed by atoms with E-state index in [9.17, 15) is 0 Å². The van der Waals surface area contributed by atoms with Gasteiger partial charge < -0.3 is 9.47 Å². The summed E-state index contributed by atoms with van der Waals surface area (Å²) in [6.45, 7) is 10.3. The number of ether oxygens (including phenoxy) is 2. The van der Waals surface area contributed by atoms with E-state index in [4.69, 9.17) is 9.47 Å². The third-order valence-corrected chi connectivity index (χ3v) is 2.54. The van der Waals surface area contributed by atoms with Gasteiger partial charge in [0.25, 0.3) is 0 Å². The minimum Gasteiger partial charge on any atom is -0.463 e. The molecular formula is C14H20O2. The first-order chi connectivity index (χ1) is 7.63. The summed E-state index contributed by atoms with van der Waals surface area (Å²) in [5.41, 5.74) is 1.09. The first kappa shape index (κ1) is 12.8. The molecule has 0 radical (unpaired) electrons. The Morgan fingerprint density at radius 3 is 2.31 bits per heavy atom. The van der Waals surface area contributed by atoms with Crippen molar-refractivity contribution in [2.24, 2.45) is 0 Å². The lowest BCUT2D eigenvalue weighted by molar-refractivity contribution is -0.168. The number of rotatable bonds is 6. The van der Waals surface area contributed by atoms with Crippen LogP contribution in [0.2, 0.25) is 0 Å². The van der Waals surface area contributed by atoms with Crippen LogP contribution >= 0.6 is 0 Å². The zero-order valence-corrected chi connectivity index (χ0v) is 10.3. The molecule has 0 heterocycles. The first-order valence-corrected chi connectivity index (χ1v) is 5.69. The van der Waals surface area contributed by atoms with Crippen molar-refractivity contribution in [2.45, 2.75) is 33.0 Å². The minimum atomic E-state index is -0.537. The highest BCUT2D eigenvalue weighted by Crippen LogP contribution is 2.23. The molecular weight excluding hydrogens is 200 g/mol. The number of benzene rings is 1. The molecule has 0 saturated heterocycles. The van der Waals surface area contributed by atoms with Crippen LogP contribution in [0.5, 0.6) is 5.75 Å². The van der Waals surface area contributed by atoms with E-state index < -0.39 is 5.79 Å². The van der Waals surface area contributed by atoms with Crippen molar-refractivity contribution in [1.29, 1.82) is 0 Å². The van der Waals surface area contributed by atoms with Crippen LogP contribution < -0.4 is 4.74 Å². The highest BCUT2D eigenvalue weighted by Gasteiger charge is 2.23. The van der Waals surface area contributed by atoms with Gasteiger partial charge in [0.1, 0.15) is 5.75 Å². The molecule has 1 rings (SSSR count). The molecule has 16 heavy (non-hydrogen) atoms. The third-order valence-electron chi connectivity index (χ3n) is 2.54. The summed E-state index contributed by atoms with van der Waals surface area (Å²) in [6.07, 6.45) is 2.62. The molecule has 1 atom stereocenters. The first-order valence-electron chi connectivity index (χ1n) is 5.69. The van der Waals surface area contributed by atoms with Crippen molar-refractivity contribution in [2.75, 3.05) is 6.61 Å². The third kappa shape index (κ3) is 3.38. The summed E-state index contributed by atoms with van der Waals surface area (Å²) in [5, 5.41) is 0. The Bertz CT molecular complexity index is 329. The van der Waals surface area contributed by atoms with Crippen LogP contribution in [0.1, 0.15) is 32.8 Å². The Morgan fingerprint density at radius 1 is 1.25 bits per heavy atom. The van der Waals surface area contributed by atoms with Gasteiger partial charge in [-0.15, -0.1) is 0 Å². The Kier molecular flexibility index (Phi) is 4.56. The van der Waals surface area contributed by atoms with Crippen LogP contribution in [0.25, 0.3) is 6.08 Å². The van der Waals surface area contributed by atoms with Crippen molar-refractivity contribution >= 4 is 6.08 Å². The van der Waals surface area contributed by atoms with Crippen LogP contribution in [0.3, 0.4) is 0 Å². The quantitative estimate of drug-likeness (QED) is 0.677. The van der Waals surface area contributed by atoms with Gasteiger partial charge in [-0.05, 0) is 24.6 Å². The van der Waals surface area contributed by atoms with Gasteiger partial charge in [-0.3, -0.25) is 0 Å². The van der Waals surface area contributed by atoms with Gasteiger partial charge >= 0.3 is 0 Å². The van der Waals surface area contributed by atoms with Gasteiger partial charge in [0.2, 0.25) is 5.79 Å². The molecule has 0 saturated carbocycles. The maximum atomic E-state index is 5.83. The van der Waals surface area contributed by atoms with Crippen molar-refractivity contribution < 1.29 is 9.47 Å². The standard InChI is InChI=1S/C14H20O2/c1-5-12-8-10-13(11-9-12)16-14(4,6-2)15-7-3/h5,8-11H,1,6-7H2,2-4H3. The smallest absolute Gasteiger partial charge is 0.207 e. The van der Waals surface area contributed by atoms with Crippen molar-refractivity contribution in [3.05, 3.63) is 36.4 Å². The largest absolute Gasteiger partial charge is 0.463 e. The van der Waals surface area contributed by atoms with E-state index in [-0.39, 0.29) is 0 Å². The van der Waals surface area contributed by atoms with Gasteiger partial charge in [0.15, 0.2) is 0 Å². The molecule has 0 N–H and O–H groups in total. The van der Waals surface area contributed by atoms with Crippen LogP contribution in [0.4, 0.5) is 0 Å². The lowest BCUT2D eigenvalue weighted by Gasteiger charge is -2.29. The lowest BCUT2D eigenvalue weighted by atomic mass is 10.2. The molecule has 0 aromatic heterocycles. The van der Waals surface area contributed by atoms with Crippen molar-refractivity contribution in [3.8, 4) is 5.75 Å². The van der Waals surface area contributed by atoms with Gasteiger partial charge in [0, 0.05) is 20.0 Å². The van der Waals surface area contributed by atoms with Crippen molar-refractivity contribution in [1.82, 2.24) is 0 Å². The summed E-state index contributed by atoms with van der Waals surface area (Å²) >= 11 is 0. The minimum absolute atomic E-state index is 0.537. The summed E-state index contributed by atoms with van der Waals surface area (Å²) in [4.78, 5) is 0. The zero-order valence-electron chi connectivity index (χ0n) is 10.3. The summed E-state index contributed by atoms with van der Waals surface area (Å²) in [7, 11) is 0. The second-order valence-corrected chi connectivity index (χ2v) is 3.80. The summed E-state index contributed by atoms with van der Waals surface area (Å²) < 4.78 is 11.4. The van der Waals surface area contributed by atoms with Gasteiger partial charge in [-0.25, -0.2) is 0 Å². The van der Waals surface area contributed by atoms with E-state index in [1.54, 1.807) is 0 Å². The Labute approximate surface area is 97.9 Å². The van der Waals surface area contributed by atoms with E-state index in [1.165, 1.54) is 0 Å². The van der Waals surface area contributed by atoms with Crippen LogP contribution in [0.15, 0.2) is 30.8 Å². The van der Waals surface area contributed by atoms with E-state index in [0.29, 0.717) is 6.61 Å². The fourth-order valence-corrected chi connectivity index (χ4v) is 1.43. The van der Waals surface area contributed by atoms with Crippen LogP contribution in [0, 0.1) is 0 Å². The normalized spacial score (nSPS) is 14.2. The molecule has 0 fully saturated rings. The van der Waals surface area contributed by atoms with Crippen LogP contribution in [-0.4, -0.2) is 12.4 Å². The molecule has 2 heteroatoms. The topological polar surface area (TPSA) is 18.5 Å². The maximum absolute atomic E-state index is 5.83. The second-order valence-electron chi connectivity index (χ2n) is 3.80. The van der Waals surface area contributed by atoms with Crippen LogP contribution in [-0.2, 0) is 4.74 Å². The average molecular weight is 220 g/mol. The second kappa shape index (κ2) is 5.71. The lowest BCUT2D eigenvalue weighted by Crippen LogP contribution is -2.34. The molecule has 0 spiro atoms. The molecule has 0 bridgehead atoms. The molecule has 0 aliphatic rings. The molecule has 0 amide bonds. The van der Waals surface area contributed by atoms with Gasteiger partial charge in [-0.2, -0.15) is 0 Å². The fraction of sp³-hybridized carbons (Fsp3) is 0.429. The Morgan fingerprint density at radius 2 is 1.88 bits per heavy atom. The van der Waals surface area contributed by atoms with E-state index in [0.717, 1.165) is 17.7 Å². The summed E-state index contributed by atoms with van der Waals surface area (Å²) in [6, 6.07) is 7.82. The van der Waals surface area contributed by atoms with E-state index in [1.807, 2.05) is 51.1 Å². The zero-order chi connectivity index (χ0) is 12.0. The predicted molar refractivity (Wildman–Crippen MR) is 67.5 cm³/mol. The van der Waals surface area contributed by atoms with Crippen molar-refractivity contribution in [3.63, 3.8) is 0 Å². The van der Waals surface area contributed by atoms with E-state index in [2.05, 4.69) is 6.58 Å². The maximum Gasteiger partial charge on any atom is 0.207 e. The molecule has 0 aliphatic heterocycles. The molecule has 1 aromatic rings. The predicted octanol–water partition coefficient (Wildman–Crippen LogP) is 3.87. The highest BCUT2D eigenvalue weighted by atomic mass is 16.7. The summed E-state index contributed by atoms with van der Waals surface area (Å²) in [5.74, 6) is 0.285. The average Bonchev–Trinajstić information content (AvgIpc) is 2.30. The molecule has 2 nitrogen and oxygen atoms in total. The van der Waals surface area contributed by atoms with Gasteiger partial charge in [0.05, 0.1) is 0 Å². The molecule has 1 aromatic carbocycles. The molecule has 88 valence electrons.